The number of ether oxygens (including phenoxy) is 1. The fourth-order valence-electron chi connectivity index (χ4n) is 4.08. The number of carbonyl (C=O) groups excluding carboxylic acids is 2. The molecule has 1 amide bonds. The summed E-state index contributed by atoms with van der Waals surface area (Å²) in [4.78, 5) is 40.2. The Kier molecular flexibility index (Phi) is 6.20. The van der Waals surface area contributed by atoms with Crippen LogP contribution in [0.15, 0.2) is 48.8 Å². The van der Waals surface area contributed by atoms with Crippen molar-refractivity contribution in [1.82, 2.24) is 19.8 Å². The first-order valence-electron chi connectivity index (χ1n) is 10.4. The Morgan fingerprint density at radius 1 is 1.21 bits per heavy atom. The van der Waals surface area contributed by atoms with Crippen LogP contribution in [-0.4, -0.2) is 57.9 Å². The van der Waals surface area contributed by atoms with E-state index in [9.17, 15) is 9.59 Å². The number of piperazine rings is 1. The number of aromatic amines is 1. The molecule has 33 heavy (non-hydrogen) atoms. The summed E-state index contributed by atoms with van der Waals surface area (Å²) >= 11 is 9.28. The quantitative estimate of drug-likeness (QED) is 0.397. The van der Waals surface area contributed by atoms with Gasteiger partial charge in [-0.25, -0.2) is 4.79 Å². The Morgan fingerprint density at radius 2 is 2.03 bits per heavy atom. The van der Waals surface area contributed by atoms with Gasteiger partial charge in [0.05, 0.1) is 24.5 Å². The van der Waals surface area contributed by atoms with Crippen LogP contribution in [0.2, 0.25) is 4.34 Å². The number of fused-ring (bicyclic) bond motifs is 1. The molecule has 4 aromatic rings. The average molecular weight is 501 g/mol. The standard InChI is InChI=1S/C23H21ClN4O3S2/c1-31-23(30)18-12-27(11-16-2-3-19(32-16)20-4-5-21(24)33-20)13-22(29)28(18)10-15-8-14-9-25-7-6-17(14)26-15/h2-9,18,26H,10-13H2,1H3. The maximum Gasteiger partial charge on any atom is 0.329 e. The Balaban J connectivity index is 1.32. The number of hydrogen-bond acceptors (Lipinski definition) is 7. The smallest absolute Gasteiger partial charge is 0.329 e. The zero-order valence-electron chi connectivity index (χ0n) is 17.8. The first-order valence-corrected chi connectivity index (χ1v) is 12.4. The van der Waals surface area contributed by atoms with E-state index in [4.69, 9.17) is 16.3 Å². The molecule has 1 aliphatic rings. The van der Waals surface area contributed by atoms with Crippen LogP contribution in [-0.2, 0) is 27.4 Å². The maximum absolute atomic E-state index is 13.1. The fourth-order valence-corrected chi connectivity index (χ4v) is 6.27. The largest absolute Gasteiger partial charge is 0.467 e. The van der Waals surface area contributed by atoms with Crippen LogP contribution in [0.3, 0.4) is 0 Å². The zero-order valence-corrected chi connectivity index (χ0v) is 20.2. The molecule has 0 spiro atoms. The lowest BCUT2D eigenvalue weighted by molar-refractivity contribution is -0.159. The second-order valence-corrected chi connectivity index (χ2v) is 10.7. The highest BCUT2D eigenvalue weighted by atomic mass is 35.5. The summed E-state index contributed by atoms with van der Waals surface area (Å²) in [6.07, 6.45) is 3.49. The van der Waals surface area contributed by atoms with E-state index in [1.165, 1.54) is 7.11 Å². The SMILES string of the molecule is COC(=O)C1CN(Cc2ccc(-c3ccc(Cl)s3)s2)CC(=O)N1Cc1cc2cnccc2[nH]1. The summed E-state index contributed by atoms with van der Waals surface area (Å²) < 4.78 is 5.80. The highest BCUT2D eigenvalue weighted by Gasteiger charge is 2.38. The van der Waals surface area contributed by atoms with E-state index in [0.717, 1.165) is 35.6 Å². The lowest BCUT2D eigenvalue weighted by Crippen LogP contribution is -2.58. The molecule has 0 aliphatic carbocycles. The van der Waals surface area contributed by atoms with E-state index in [2.05, 4.69) is 22.1 Å². The topological polar surface area (TPSA) is 78.5 Å². The van der Waals surface area contributed by atoms with Gasteiger partial charge in [-0.1, -0.05) is 11.6 Å². The van der Waals surface area contributed by atoms with Crippen molar-refractivity contribution in [2.45, 2.75) is 19.1 Å². The van der Waals surface area contributed by atoms with Crippen LogP contribution < -0.4 is 0 Å². The van der Waals surface area contributed by atoms with Gasteiger partial charge in [0.25, 0.3) is 0 Å². The first-order chi connectivity index (χ1) is 16.0. The van der Waals surface area contributed by atoms with Crippen molar-refractivity contribution in [2.24, 2.45) is 0 Å². The zero-order chi connectivity index (χ0) is 22.9. The summed E-state index contributed by atoms with van der Waals surface area (Å²) in [7, 11) is 1.36. The van der Waals surface area contributed by atoms with Crippen molar-refractivity contribution >= 4 is 57.1 Å². The molecular weight excluding hydrogens is 480 g/mol. The van der Waals surface area contributed by atoms with Crippen LogP contribution in [0.5, 0.6) is 0 Å². The summed E-state index contributed by atoms with van der Waals surface area (Å²) in [5.41, 5.74) is 1.80. The number of halogens is 1. The third-order valence-electron chi connectivity index (χ3n) is 5.63. The molecule has 0 bridgehead atoms. The van der Waals surface area contributed by atoms with Crippen molar-refractivity contribution in [2.75, 3.05) is 20.2 Å². The lowest BCUT2D eigenvalue weighted by Gasteiger charge is -2.39. The summed E-state index contributed by atoms with van der Waals surface area (Å²) in [5.74, 6) is -0.513. The van der Waals surface area contributed by atoms with Gasteiger partial charge in [0.1, 0.15) is 6.04 Å². The molecular formula is C23H21ClN4O3S2. The number of methoxy groups -OCH3 is 1. The number of H-pyrrole nitrogens is 1. The van der Waals surface area contributed by atoms with Gasteiger partial charge in [-0.15, -0.1) is 22.7 Å². The summed E-state index contributed by atoms with van der Waals surface area (Å²) in [6, 6.07) is 11.2. The summed E-state index contributed by atoms with van der Waals surface area (Å²) in [6.45, 7) is 1.56. The van der Waals surface area contributed by atoms with Gasteiger partial charge in [-0.05, 0) is 36.4 Å². The van der Waals surface area contributed by atoms with E-state index < -0.39 is 12.0 Å². The highest BCUT2D eigenvalue weighted by molar-refractivity contribution is 7.24. The predicted octanol–water partition coefficient (Wildman–Crippen LogP) is 4.39. The van der Waals surface area contributed by atoms with E-state index in [1.807, 2.05) is 29.2 Å². The lowest BCUT2D eigenvalue weighted by atomic mass is 10.1. The highest BCUT2D eigenvalue weighted by Crippen LogP contribution is 2.36. The first kappa shape index (κ1) is 22.1. The number of rotatable bonds is 6. The molecule has 0 aromatic carbocycles. The molecule has 5 rings (SSSR count). The molecule has 1 aliphatic heterocycles. The molecule has 4 aromatic heterocycles. The molecule has 10 heteroatoms. The minimum atomic E-state index is -0.670. The molecule has 1 fully saturated rings. The van der Waals surface area contributed by atoms with Crippen molar-refractivity contribution in [3.63, 3.8) is 0 Å². The number of nitrogens with zero attached hydrogens (tertiary/aromatic N) is 3. The number of hydrogen-bond donors (Lipinski definition) is 1. The van der Waals surface area contributed by atoms with Crippen LogP contribution in [0, 0.1) is 0 Å². The molecule has 1 N–H and O–H groups in total. The van der Waals surface area contributed by atoms with Gasteiger partial charge in [0.2, 0.25) is 5.91 Å². The van der Waals surface area contributed by atoms with Crippen LogP contribution in [0.25, 0.3) is 20.7 Å². The van der Waals surface area contributed by atoms with Crippen molar-refractivity contribution in [3.8, 4) is 9.75 Å². The van der Waals surface area contributed by atoms with Gasteiger partial charge in [0, 0.05) is 56.7 Å². The van der Waals surface area contributed by atoms with Gasteiger partial charge < -0.3 is 14.6 Å². The molecule has 1 atom stereocenters. The monoisotopic (exact) mass is 500 g/mol. The second-order valence-electron chi connectivity index (χ2n) is 7.86. The maximum atomic E-state index is 13.1. The molecule has 7 nitrogen and oxygen atoms in total. The average Bonchev–Trinajstić information content (AvgIpc) is 3.54. The number of esters is 1. The third kappa shape index (κ3) is 4.67. The van der Waals surface area contributed by atoms with E-state index in [-0.39, 0.29) is 12.5 Å². The Hall–Kier alpha value is -2.72. The molecule has 1 saturated heterocycles. The second kappa shape index (κ2) is 9.26. The molecule has 5 heterocycles. The molecule has 170 valence electrons. The number of amides is 1. The number of nitrogens with one attached hydrogen (secondary N) is 1. The molecule has 0 saturated carbocycles. The van der Waals surface area contributed by atoms with Crippen LogP contribution >= 0.6 is 34.3 Å². The number of aromatic nitrogens is 2. The Labute approximate surface area is 203 Å². The van der Waals surface area contributed by atoms with Crippen LogP contribution in [0.4, 0.5) is 0 Å². The Bertz CT molecular complexity index is 1280. The van der Waals surface area contributed by atoms with E-state index in [1.54, 1.807) is 40.0 Å². The fraction of sp³-hybridized carbons (Fsp3) is 0.261. The van der Waals surface area contributed by atoms with E-state index >= 15 is 0 Å². The minimum Gasteiger partial charge on any atom is -0.467 e. The third-order valence-corrected chi connectivity index (χ3v) is 8.13. The summed E-state index contributed by atoms with van der Waals surface area (Å²) in [5, 5.41) is 0.966. The predicted molar refractivity (Wildman–Crippen MR) is 130 cm³/mol. The molecule has 1 unspecified atom stereocenters. The van der Waals surface area contributed by atoms with Crippen molar-refractivity contribution in [1.29, 1.82) is 0 Å². The van der Waals surface area contributed by atoms with Crippen molar-refractivity contribution in [3.05, 3.63) is 63.7 Å². The van der Waals surface area contributed by atoms with Gasteiger partial charge in [-0.2, -0.15) is 0 Å². The number of carbonyl (C=O) groups is 2. The minimum absolute atomic E-state index is 0.102. The normalized spacial score (nSPS) is 17.1. The number of thiophene rings is 2. The van der Waals surface area contributed by atoms with Crippen LogP contribution in [0.1, 0.15) is 10.6 Å². The number of pyridine rings is 1. The van der Waals surface area contributed by atoms with Gasteiger partial charge >= 0.3 is 5.97 Å². The van der Waals surface area contributed by atoms with E-state index in [0.29, 0.717) is 19.6 Å². The van der Waals surface area contributed by atoms with Gasteiger partial charge in [0.15, 0.2) is 0 Å². The van der Waals surface area contributed by atoms with Crippen molar-refractivity contribution < 1.29 is 14.3 Å². The molecule has 0 radical (unpaired) electrons. The Morgan fingerprint density at radius 3 is 2.79 bits per heavy atom. The van der Waals surface area contributed by atoms with Gasteiger partial charge in [-0.3, -0.25) is 14.7 Å².